The molecule has 0 radical (unpaired) electrons. The number of carbonyl (C=O) groups excluding carboxylic acids is 1. The molecule has 2 heterocycles. The number of hydrogen-bond donors (Lipinski definition) is 2. The van der Waals surface area contributed by atoms with Crippen LogP contribution in [0.25, 0.3) is 11.0 Å². The first-order valence-electron chi connectivity index (χ1n) is 6.42. The molecule has 3 rings (SSSR count). The van der Waals surface area contributed by atoms with Gasteiger partial charge in [0.25, 0.3) is 11.5 Å². The number of furan rings is 1. The maximum absolute atomic E-state index is 12.3. The summed E-state index contributed by atoms with van der Waals surface area (Å²) in [6, 6.07) is 8.64. The number of H-pyrrole nitrogens is 1. The molecule has 1 aromatic carbocycles. The van der Waals surface area contributed by atoms with Gasteiger partial charge in [0.1, 0.15) is 17.2 Å². The molecule has 0 unspecified atom stereocenters. The van der Waals surface area contributed by atoms with Crippen molar-refractivity contribution in [1.82, 2.24) is 9.97 Å². The van der Waals surface area contributed by atoms with Gasteiger partial charge in [-0.1, -0.05) is 18.2 Å². The van der Waals surface area contributed by atoms with E-state index in [0.717, 1.165) is 10.9 Å². The summed E-state index contributed by atoms with van der Waals surface area (Å²) >= 11 is 0. The number of benzene rings is 1. The number of anilines is 1. The van der Waals surface area contributed by atoms with E-state index in [1.807, 2.05) is 25.1 Å². The van der Waals surface area contributed by atoms with E-state index >= 15 is 0 Å². The Balaban J connectivity index is 1.97. The van der Waals surface area contributed by atoms with Crippen molar-refractivity contribution >= 4 is 22.7 Å². The van der Waals surface area contributed by atoms with Gasteiger partial charge in [-0.15, -0.1) is 0 Å². The number of nitrogens with one attached hydrogen (secondary N) is 2. The Kier molecular flexibility index (Phi) is 3.06. The van der Waals surface area contributed by atoms with Crippen LogP contribution in [0.2, 0.25) is 0 Å². The number of aromatic amines is 1. The van der Waals surface area contributed by atoms with Crippen molar-refractivity contribution in [1.29, 1.82) is 0 Å². The number of carbonyl (C=O) groups is 1. The van der Waals surface area contributed by atoms with E-state index < -0.39 is 5.91 Å². The first-order valence-corrected chi connectivity index (χ1v) is 6.42. The van der Waals surface area contributed by atoms with Crippen LogP contribution in [-0.2, 0) is 0 Å². The van der Waals surface area contributed by atoms with Crippen LogP contribution in [0.1, 0.15) is 21.9 Å². The van der Waals surface area contributed by atoms with Gasteiger partial charge in [0.05, 0.1) is 0 Å². The molecule has 0 saturated heterocycles. The predicted octanol–water partition coefficient (Wildman–Crippen LogP) is 2.39. The van der Waals surface area contributed by atoms with Gasteiger partial charge < -0.3 is 14.7 Å². The van der Waals surface area contributed by atoms with Crippen LogP contribution in [0.4, 0.5) is 5.82 Å². The lowest BCUT2D eigenvalue weighted by molar-refractivity contribution is 0.0997. The minimum absolute atomic E-state index is 0.195. The van der Waals surface area contributed by atoms with E-state index in [2.05, 4.69) is 15.3 Å². The number of rotatable bonds is 2. The van der Waals surface area contributed by atoms with Gasteiger partial charge in [-0.05, 0) is 19.9 Å². The number of fused-ring (bicyclic) bond motifs is 1. The van der Waals surface area contributed by atoms with E-state index in [1.54, 1.807) is 13.0 Å². The summed E-state index contributed by atoms with van der Waals surface area (Å²) in [5.41, 5.74) is 1.08. The molecular weight excluding hydrogens is 270 g/mol. The third-order valence-corrected chi connectivity index (χ3v) is 3.15. The van der Waals surface area contributed by atoms with Gasteiger partial charge in [0.15, 0.2) is 5.76 Å². The molecule has 0 aliphatic rings. The Morgan fingerprint density at radius 2 is 2.05 bits per heavy atom. The number of para-hydroxylation sites is 1. The fourth-order valence-corrected chi connectivity index (χ4v) is 2.21. The maximum atomic E-state index is 12.3. The Hall–Kier alpha value is -2.89. The van der Waals surface area contributed by atoms with Crippen molar-refractivity contribution in [2.75, 3.05) is 5.32 Å². The molecule has 0 aliphatic carbocycles. The predicted molar refractivity (Wildman–Crippen MR) is 78.5 cm³/mol. The number of amides is 1. The molecular formula is C15H13N3O3. The lowest BCUT2D eigenvalue weighted by Crippen LogP contribution is -2.17. The van der Waals surface area contributed by atoms with Crippen LogP contribution in [0, 0.1) is 13.8 Å². The first kappa shape index (κ1) is 13.1. The van der Waals surface area contributed by atoms with Crippen molar-refractivity contribution in [3.63, 3.8) is 0 Å². The van der Waals surface area contributed by atoms with Crippen molar-refractivity contribution in [3.8, 4) is 0 Å². The highest BCUT2D eigenvalue weighted by atomic mass is 16.3. The zero-order valence-corrected chi connectivity index (χ0v) is 11.6. The van der Waals surface area contributed by atoms with E-state index in [9.17, 15) is 9.59 Å². The number of hydrogen-bond acceptors (Lipinski definition) is 4. The van der Waals surface area contributed by atoms with Crippen molar-refractivity contribution in [3.05, 3.63) is 57.8 Å². The summed E-state index contributed by atoms with van der Waals surface area (Å²) in [5, 5.41) is 3.46. The fourth-order valence-electron chi connectivity index (χ4n) is 2.21. The van der Waals surface area contributed by atoms with Crippen LogP contribution >= 0.6 is 0 Å². The Morgan fingerprint density at radius 1 is 1.29 bits per heavy atom. The number of aromatic nitrogens is 2. The van der Waals surface area contributed by atoms with Gasteiger partial charge in [0.2, 0.25) is 0 Å². The van der Waals surface area contributed by atoms with Gasteiger partial charge >= 0.3 is 0 Å². The zero-order chi connectivity index (χ0) is 15.0. The van der Waals surface area contributed by atoms with Crippen molar-refractivity contribution < 1.29 is 9.21 Å². The molecule has 0 spiro atoms. The van der Waals surface area contributed by atoms with Gasteiger partial charge in [-0.2, -0.15) is 0 Å². The second-order valence-corrected chi connectivity index (χ2v) is 4.72. The van der Waals surface area contributed by atoms with Gasteiger partial charge in [0, 0.05) is 17.0 Å². The highest BCUT2D eigenvalue weighted by molar-refractivity contribution is 6.06. The second-order valence-electron chi connectivity index (χ2n) is 4.72. The molecule has 0 bridgehead atoms. The number of nitrogens with zero attached hydrogens (tertiary/aromatic N) is 1. The average molecular weight is 283 g/mol. The first-order chi connectivity index (χ1) is 10.0. The van der Waals surface area contributed by atoms with Crippen LogP contribution in [0.5, 0.6) is 0 Å². The van der Waals surface area contributed by atoms with E-state index in [1.165, 1.54) is 6.07 Å². The molecule has 6 nitrogen and oxygen atoms in total. The highest BCUT2D eigenvalue weighted by Gasteiger charge is 2.18. The van der Waals surface area contributed by atoms with Crippen molar-refractivity contribution in [2.45, 2.75) is 13.8 Å². The van der Waals surface area contributed by atoms with Gasteiger partial charge in [-0.3, -0.25) is 9.59 Å². The third-order valence-electron chi connectivity index (χ3n) is 3.15. The molecule has 0 fully saturated rings. The minimum atomic E-state index is -0.429. The van der Waals surface area contributed by atoms with Crippen LogP contribution in [-0.4, -0.2) is 15.9 Å². The minimum Gasteiger partial charge on any atom is -0.451 e. The third kappa shape index (κ3) is 2.43. The molecule has 3 aromatic rings. The average Bonchev–Trinajstić information content (AvgIpc) is 2.76. The van der Waals surface area contributed by atoms with E-state index in [0.29, 0.717) is 11.4 Å². The largest absolute Gasteiger partial charge is 0.451 e. The van der Waals surface area contributed by atoms with E-state index in [4.69, 9.17) is 4.42 Å². The topological polar surface area (TPSA) is 88.0 Å². The Bertz CT molecular complexity index is 893. The monoisotopic (exact) mass is 283 g/mol. The molecule has 2 aromatic heterocycles. The summed E-state index contributed by atoms with van der Waals surface area (Å²) in [6.07, 6.45) is 0. The molecule has 0 aliphatic heterocycles. The fraction of sp³-hybridized carbons (Fsp3) is 0.133. The summed E-state index contributed by atoms with van der Waals surface area (Å²) in [6.45, 7) is 3.46. The van der Waals surface area contributed by atoms with Crippen LogP contribution < -0.4 is 10.9 Å². The standard InChI is InChI=1S/C15H13N3O3/c1-8-10-5-3-4-6-11(10)21-14(8)15(20)18-12-7-13(19)17-9(2)16-12/h3-7H,1-2H3,(H2,16,17,18,19,20). The lowest BCUT2D eigenvalue weighted by atomic mass is 10.1. The maximum Gasteiger partial charge on any atom is 0.292 e. The van der Waals surface area contributed by atoms with Crippen LogP contribution in [0.3, 0.4) is 0 Å². The summed E-state index contributed by atoms with van der Waals surface area (Å²) < 4.78 is 5.57. The Morgan fingerprint density at radius 3 is 2.76 bits per heavy atom. The highest BCUT2D eigenvalue weighted by Crippen LogP contribution is 2.25. The summed E-state index contributed by atoms with van der Waals surface area (Å²) in [4.78, 5) is 30.2. The quantitative estimate of drug-likeness (QED) is 0.755. The van der Waals surface area contributed by atoms with Crippen LogP contribution in [0.15, 0.2) is 39.5 Å². The zero-order valence-electron chi connectivity index (χ0n) is 11.6. The molecule has 2 N–H and O–H groups in total. The summed E-state index contributed by atoms with van der Waals surface area (Å²) in [5.74, 6) is 0.414. The molecule has 1 amide bonds. The smallest absolute Gasteiger partial charge is 0.292 e. The lowest BCUT2D eigenvalue weighted by Gasteiger charge is -2.03. The molecule has 106 valence electrons. The molecule has 21 heavy (non-hydrogen) atoms. The van der Waals surface area contributed by atoms with Gasteiger partial charge in [-0.25, -0.2) is 4.98 Å². The molecule has 0 saturated carbocycles. The Labute approximate surface area is 119 Å². The normalized spacial score (nSPS) is 10.8. The summed E-state index contributed by atoms with van der Waals surface area (Å²) in [7, 11) is 0. The second kappa shape index (κ2) is 4.90. The molecule has 0 atom stereocenters. The van der Waals surface area contributed by atoms with E-state index in [-0.39, 0.29) is 17.1 Å². The molecule has 6 heteroatoms. The SMILES string of the molecule is Cc1nc(NC(=O)c2oc3ccccc3c2C)cc(=O)[nH]1. The number of aryl methyl sites for hydroxylation is 2. The van der Waals surface area contributed by atoms with Crippen molar-refractivity contribution in [2.24, 2.45) is 0 Å².